The third kappa shape index (κ3) is 9.61. The number of carboxylic acid groups (broad SMARTS) is 1. The van der Waals surface area contributed by atoms with Crippen molar-refractivity contribution in [2.45, 2.75) is 109 Å². The van der Waals surface area contributed by atoms with E-state index in [1.807, 2.05) is 49.6 Å². The molecule has 2 saturated carbocycles. The quantitative estimate of drug-likeness (QED) is 0.235. The summed E-state index contributed by atoms with van der Waals surface area (Å²) < 4.78 is 6.71. The summed E-state index contributed by atoms with van der Waals surface area (Å²) in [6.45, 7) is 2.57. The number of carboxylic acids is 1. The lowest BCUT2D eigenvalue weighted by molar-refractivity contribution is -0.139. The first-order chi connectivity index (χ1) is 19.9. The Morgan fingerprint density at radius 3 is 2.15 bits per heavy atom. The number of hydrogen-bond acceptors (Lipinski definition) is 4. The molecule has 0 saturated heterocycles. The number of ether oxygens (including phenoxy) is 1. The van der Waals surface area contributed by atoms with E-state index in [-0.39, 0.29) is 12.0 Å². The monoisotopic (exact) mass is 579 g/mol. The highest BCUT2D eigenvalue weighted by molar-refractivity contribution is 7.98. The van der Waals surface area contributed by atoms with E-state index in [1.54, 1.807) is 11.8 Å². The molecule has 224 valence electrons. The molecule has 2 aliphatic carbocycles. The van der Waals surface area contributed by atoms with E-state index in [2.05, 4.69) is 11.4 Å². The second kappa shape index (κ2) is 16.4. The van der Waals surface area contributed by atoms with Crippen molar-refractivity contribution in [1.82, 2.24) is 5.32 Å². The lowest BCUT2D eigenvalue weighted by atomic mass is 9.80. The van der Waals surface area contributed by atoms with Crippen LogP contribution in [0.5, 0.6) is 0 Å². The topological polar surface area (TPSA) is 75.6 Å². The van der Waals surface area contributed by atoms with Gasteiger partial charge in [-0.15, -0.1) is 0 Å². The van der Waals surface area contributed by atoms with Gasteiger partial charge in [-0.05, 0) is 84.4 Å². The molecule has 2 aliphatic rings. The van der Waals surface area contributed by atoms with E-state index in [4.69, 9.17) is 4.74 Å². The van der Waals surface area contributed by atoms with Crippen LogP contribution in [-0.4, -0.2) is 41.1 Å². The average Bonchev–Trinajstić information content (AvgIpc) is 2.99. The molecule has 1 atom stereocenters. The van der Waals surface area contributed by atoms with Crippen LogP contribution >= 0.6 is 11.8 Å². The fourth-order valence-corrected chi connectivity index (χ4v) is 7.21. The van der Waals surface area contributed by atoms with E-state index in [9.17, 15) is 14.7 Å². The van der Waals surface area contributed by atoms with Crippen molar-refractivity contribution >= 4 is 23.6 Å². The van der Waals surface area contributed by atoms with Crippen molar-refractivity contribution in [2.24, 2.45) is 11.8 Å². The van der Waals surface area contributed by atoms with Crippen molar-refractivity contribution in [2.75, 3.05) is 12.0 Å². The third-order valence-corrected chi connectivity index (χ3v) is 9.75. The molecule has 4 rings (SSSR count). The maximum atomic E-state index is 13.4. The Bertz CT molecular complexity index is 1100. The standard InChI is InChI=1S/C35H49NO4S/c1-25-11-9-10-16-30(25)32-23-28(17-18-31(32)34(37)36-33(35(38)39)19-20-41-2)24-40-29(21-26-12-5-3-6-13-26)22-27-14-7-4-8-15-27/h9-11,16-18,23,26-27,29,33H,3-8,12-15,19-22,24H2,1-2H3,(H,36,37)(H,38,39). The Kier molecular flexibility index (Phi) is 12.6. The lowest BCUT2D eigenvalue weighted by Crippen LogP contribution is -2.41. The number of thioether (sulfide) groups is 1. The van der Waals surface area contributed by atoms with E-state index in [1.165, 1.54) is 64.2 Å². The van der Waals surface area contributed by atoms with Gasteiger partial charge in [-0.1, -0.05) is 94.5 Å². The largest absolute Gasteiger partial charge is 0.480 e. The summed E-state index contributed by atoms with van der Waals surface area (Å²) in [5.74, 6) is 0.869. The van der Waals surface area contributed by atoms with Gasteiger partial charge in [-0.25, -0.2) is 4.79 Å². The van der Waals surface area contributed by atoms with Gasteiger partial charge in [0, 0.05) is 5.56 Å². The number of amides is 1. The predicted molar refractivity (Wildman–Crippen MR) is 169 cm³/mol. The summed E-state index contributed by atoms with van der Waals surface area (Å²) in [6.07, 6.45) is 18.4. The minimum absolute atomic E-state index is 0.277. The summed E-state index contributed by atoms with van der Waals surface area (Å²) in [4.78, 5) is 25.3. The van der Waals surface area contributed by atoms with Gasteiger partial charge < -0.3 is 15.2 Å². The second-order valence-electron chi connectivity index (χ2n) is 12.3. The summed E-state index contributed by atoms with van der Waals surface area (Å²) in [5.41, 5.74) is 4.43. The maximum Gasteiger partial charge on any atom is 0.326 e. The van der Waals surface area contributed by atoms with Crippen LogP contribution < -0.4 is 5.32 Å². The maximum absolute atomic E-state index is 13.4. The van der Waals surface area contributed by atoms with Crippen LogP contribution in [0.1, 0.15) is 105 Å². The molecule has 0 aliphatic heterocycles. The van der Waals surface area contributed by atoms with Crippen molar-refractivity contribution in [3.63, 3.8) is 0 Å². The lowest BCUT2D eigenvalue weighted by Gasteiger charge is -2.30. The zero-order valence-electron chi connectivity index (χ0n) is 25.0. The van der Waals surface area contributed by atoms with E-state index >= 15 is 0 Å². The van der Waals surface area contributed by atoms with Crippen LogP contribution in [-0.2, 0) is 16.1 Å². The van der Waals surface area contributed by atoms with Crippen molar-refractivity contribution in [1.29, 1.82) is 0 Å². The van der Waals surface area contributed by atoms with Gasteiger partial charge in [0.2, 0.25) is 0 Å². The highest BCUT2D eigenvalue weighted by Gasteiger charge is 2.25. The molecule has 2 aromatic rings. The van der Waals surface area contributed by atoms with Crippen LogP contribution in [0.3, 0.4) is 0 Å². The zero-order chi connectivity index (χ0) is 29.0. The summed E-state index contributed by atoms with van der Waals surface area (Å²) in [6, 6.07) is 13.0. The van der Waals surface area contributed by atoms with Gasteiger partial charge >= 0.3 is 5.97 Å². The summed E-state index contributed by atoms with van der Waals surface area (Å²) in [5, 5.41) is 12.5. The van der Waals surface area contributed by atoms with E-state index in [0.29, 0.717) is 24.3 Å². The van der Waals surface area contributed by atoms with Gasteiger partial charge in [-0.3, -0.25) is 4.79 Å². The normalized spacial score (nSPS) is 17.4. The Balaban J connectivity index is 1.53. The van der Waals surface area contributed by atoms with Crippen molar-refractivity contribution in [3.8, 4) is 11.1 Å². The molecule has 2 N–H and O–H groups in total. The van der Waals surface area contributed by atoms with Crippen LogP contribution in [0.15, 0.2) is 42.5 Å². The molecule has 0 bridgehead atoms. The minimum atomic E-state index is -1.00. The van der Waals surface area contributed by atoms with Gasteiger partial charge in [-0.2, -0.15) is 11.8 Å². The molecule has 0 aromatic heterocycles. The van der Waals surface area contributed by atoms with Crippen LogP contribution in [0.4, 0.5) is 0 Å². The van der Waals surface area contributed by atoms with Crippen molar-refractivity contribution in [3.05, 3.63) is 59.2 Å². The number of hydrogen-bond donors (Lipinski definition) is 2. The van der Waals surface area contributed by atoms with Crippen LogP contribution in [0.25, 0.3) is 11.1 Å². The Hall–Kier alpha value is -2.31. The Labute approximate surface area is 251 Å². The third-order valence-electron chi connectivity index (χ3n) is 9.11. The number of nitrogens with one attached hydrogen (secondary N) is 1. The first-order valence-electron chi connectivity index (χ1n) is 15.8. The fraction of sp³-hybridized carbons (Fsp3) is 0.600. The highest BCUT2D eigenvalue weighted by atomic mass is 32.2. The molecule has 0 heterocycles. The molecule has 1 amide bonds. The number of aliphatic carboxylic acids is 1. The molecule has 1 unspecified atom stereocenters. The molecule has 2 fully saturated rings. The summed E-state index contributed by atoms with van der Waals surface area (Å²) >= 11 is 1.57. The van der Waals surface area contributed by atoms with Gasteiger partial charge in [0.25, 0.3) is 5.91 Å². The highest BCUT2D eigenvalue weighted by Crippen LogP contribution is 2.34. The van der Waals surface area contributed by atoms with Gasteiger partial charge in [0.05, 0.1) is 12.7 Å². The Morgan fingerprint density at radius 2 is 1.56 bits per heavy atom. The smallest absolute Gasteiger partial charge is 0.326 e. The predicted octanol–water partition coefficient (Wildman–Crippen LogP) is 8.42. The van der Waals surface area contributed by atoms with Gasteiger partial charge in [0.1, 0.15) is 6.04 Å². The molecule has 6 heteroatoms. The molecule has 41 heavy (non-hydrogen) atoms. The van der Waals surface area contributed by atoms with E-state index < -0.39 is 12.0 Å². The SMILES string of the molecule is CSCCC(NC(=O)c1ccc(COC(CC2CCCCC2)CC2CCCCC2)cc1-c1ccccc1C)C(=O)O. The second-order valence-corrected chi connectivity index (χ2v) is 13.2. The Morgan fingerprint density at radius 1 is 0.927 bits per heavy atom. The molecular weight excluding hydrogens is 530 g/mol. The number of aryl methyl sites for hydroxylation is 1. The molecular formula is C35H49NO4S. The van der Waals surface area contributed by atoms with Crippen LogP contribution in [0.2, 0.25) is 0 Å². The molecule has 2 aromatic carbocycles. The fourth-order valence-electron chi connectivity index (χ4n) is 6.74. The summed E-state index contributed by atoms with van der Waals surface area (Å²) in [7, 11) is 0. The van der Waals surface area contributed by atoms with Gasteiger partial charge in [0.15, 0.2) is 0 Å². The molecule has 0 spiro atoms. The molecule has 5 nitrogen and oxygen atoms in total. The molecule has 0 radical (unpaired) electrons. The minimum Gasteiger partial charge on any atom is -0.480 e. The average molecular weight is 580 g/mol. The van der Waals surface area contributed by atoms with E-state index in [0.717, 1.165) is 46.9 Å². The van der Waals surface area contributed by atoms with Crippen molar-refractivity contribution < 1.29 is 19.4 Å². The van der Waals surface area contributed by atoms with Crippen LogP contribution in [0, 0.1) is 18.8 Å². The zero-order valence-corrected chi connectivity index (χ0v) is 25.9. The number of carbonyl (C=O) groups is 2. The first-order valence-corrected chi connectivity index (χ1v) is 17.2. The number of rotatable bonds is 14. The first kappa shape index (κ1) is 31.6. The number of carbonyl (C=O) groups excluding carboxylic acids is 1. The number of benzene rings is 2.